The van der Waals surface area contributed by atoms with Crippen molar-refractivity contribution in [3.8, 4) is 6.07 Å². The third-order valence-electron chi connectivity index (χ3n) is 3.25. The van der Waals surface area contributed by atoms with Crippen LogP contribution in [0.25, 0.3) is 0 Å². The van der Waals surface area contributed by atoms with Gasteiger partial charge in [-0.15, -0.1) is 0 Å². The molecule has 0 aromatic heterocycles. The van der Waals surface area contributed by atoms with E-state index in [-0.39, 0.29) is 0 Å². The maximum atomic E-state index is 11.7. The van der Waals surface area contributed by atoms with Crippen molar-refractivity contribution in [3.05, 3.63) is 65.2 Å². The smallest absolute Gasteiger partial charge is 0.318 e. The second-order valence-electron chi connectivity index (χ2n) is 4.94. The van der Waals surface area contributed by atoms with Crippen LogP contribution in [0.5, 0.6) is 0 Å². The van der Waals surface area contributed by atoms with Crippen LogP contribution in [0.15, 0.2) is 53.6 Å². The largest absolute Gasteiger partial charge is 0.329 e. The van der Waals surface area contributed by atoms with Gasteiger partial charge in [0.1, 0.15) is 0 Å². The summed E-state index contributed by atoms with van der Waals surface area (Å²) < 4.78 is 0. The summed E-state index contributed by atoms with van der Waals surface area (Å²) >= 11 is 0. The Kier molecular flexibility index (Phi) is 5.81. The van der Waals surface area contributed by atoms with E-state index in [9.17, 15) is 9.59 Å². The first-order chi connectivity index (χ1) is 11.6. The molecule has 0 aliphatic carbocycles. The minimum Gasteiger partial charge on any atom is -0.318 e. The minimum absolute atomic E-state index is 0.424. The monoisotopic (exact) mass is 320 g/mol. The van der Waals surface area contributed by atoms with E-state index < -0.39 is 11.8 Å². The van der Waals surface area contributed by atoms with Crippen molar-refractivity contribution in [1.29, 1.82) is 5.26 Å². The number of benzene rings is 2. The Balaban J connectivity index is 1.87. The molecule has 0 saturated carbocycles. The van der Waals surface area contributed by atoms with E-state index in [1.807, 2.05) is 30.3 Å². The number of nitriles is 1. The van der Waals surface area contributed by atoms with Crippen LogP contribution in [-0.4, -0.2) is 18.0 Å². The highest BCUT2D eigenvalue weighted by Gasteiger charge is 2.12. The van der Waals surface area contributed by atoms with Crippen LogP contribution in [0.1, 0.15) is 23.6 Å². The number of carbonyl (C=O) groups excluding carboxylic acids is 2. The second-order valence-corrected chi connectivity index (χ2v) is 4.94. The summed E-state index contributed by atoms with van der Waals surface area (Å²) in [5, 5.41) is 14.9. The lowest BCUT2D eigenvalue weighted by Crippen LogP contribution is -2.32. The first-order valence-corrected chi connectivity index (χ1v) is 7.36. The molecule has 2 N–H and O–H groups in total. The number of nitrogens with zero attached hydrogens (tertiary/aromatic N) is 2. The molecular weight excluding hydrogens is 304 g/mol. The molecule has 6 heteroatoms. The normalized spacial score (nSPS) is 10.2. The first-order valence-electron chi connectivity index (χ1n) is 7.36. The molecule has 0 heterocycles. The number of anilines is 1. The second kappa shape index (κ2) is 8.25. The van der Waals surface area contributed by atoms with Gasteiger partial charge >= 0.3 is 11.8 Å². The highest BCUT2D eigenvalue weighted by atomic mass is 16.2. The lowest BCUT2D eigenvalue weighted by atomic mass is 10.1. The molecule has 2 rings (SSSR count). The number of nitrogens with one attached hydrogen (secondary N) is 2. The van der Waals surface area contributed by atoms with Crippen LogP contribution in [-0.2, 0) is 16.0 Å². The van der Waals surface area contributed by atoms with Crippen molar-refractivity contribution >= 4 is 23.7 Å². The van der Waals surface area contributed by atoms with Gasteiger partial charge in [-0.1, -0.05) is 31.2 Å². The van der Waals surface area contributed by atoms with Gasteiger partial charge in [-0.25, -0.2) is 5.43 Å². The number of rotatable bonds is 4. The molecule has 2 aromatic rings. The molecule has 2 aromatic carbocycles. The Morgan fingerprint density at radius 3 is 2.33 bits per heavy atom. The topological polar surface area (TPSA) is 94.3 Å². The van der Waals surface area contributed by atoms with Crippen LogP contribution >= 0.6 is 0 Å². The predicted molar refractivity (Wildman–Crippen MR) is 91.3 cm³/mol. The molecule has 0 bridgehead atoms. The molecule has 0 fully saturated rings. The highest BCUT2D eigenvalue weighted by Crippen LogP contribution is 2.08. The molecule has 2 amide bonds. The molecule has 0 aliphatic rings. The Hall–Kier alpha value is -3.46. The van der Waals surface area contributed by atoms with Crippen molar-refractivity contribution in [1.82, 2.24) is 5.43 Å². The summed E-state index contributed by atoms with van der Waals surface area (Å²) in [5.41, 5.74) is 5.09. The van der Waals surface area contributed by atoms with Gasteiger partial charge < -0.3 is 5.32 Å². The molecule has 0 spiro atoms. The van der Waals surface area contributed by atoms with E-state index in [1.165, 1.54) is 11.8 Å². The lowest BCUT2D eigenvalue weighted by molar-refractivity contribution is -0.136. The van der Waals surface area contributed by atoms with E-state index in [1.54, 1.807) is 24.3 Å². The number of carbonyl (C=O) groups is 2. The summed E-state index contributed by atoms with van der Waals surface area (Å²) in [6.07, 6.45) is 2.41. The summed E-state index contributed by atoms with van der Waals surface area (Å²) in [7, 11) is 0. The van der Waals surface area contributed by atoms with Gasteiger partial charge in [-0.05, 0) is 41.8 Å². The number of aryl methyl sites for hydroxylation is 1. The Morgan fingerprint density at radius 2 is 1.75 bits per heavy atom. The summed E-state index contributed by atoms with van der Waals surface area (Å²) in [6.45, 7) is 2.07. The van der Waals surface area contributed by atoms with Crippen molar-refractivity contribution in [3.63, 3.8) is 0 Å². The van der Waals surface area contributed by atoms with Crippen molar-refractivity contribution in [2.75, 3.05) is 5.32 Å². The first kappa shape index (κ1) is 16.9. The fraction of sp³-hybridized carbons (Fsp3) is 0.111. The van der Waals surface area contributed by atoms with E-state index in [0.29, 0.717) is 11.3 Å². The van der Waals surface area contributed by atoms with Crippen LogP contribution in [0.4, 0.5) is 5.69 Å². The van der Waals surface area contributed by atoms with Crippen LogP contribution in [0.3, 0.4) is 0 Å². The predicted octanol–water partition coefficient (Wildman–Crippen LogP) is 2.21. The van der Waals surface area contributed by atoms with Crippen LogP contribution in [0.2, 0.25) is 0 Å². The Labute approximate surface area is 139 Å². The van der Waals surface area contributed by atoms with Gasteiger partial charge in [0, 0.05) is 5.69 Å². The molecule has 0 aliphatic heterocycles. The quantitative estimate of drug-likeness (QED) is 0.514. The van der Waals surface area contributed by atoms with Gasteiger partial charge in [-0.2, -0.15) is 10.4 Å². The Bertz CT molecular complexity index is 787. The number of hydrazone groups is 1. The van der Waals surface area contributed by atoms with Gasteiger partial charge in [-0.3, -0.25) is 9.59 Å². The maximum absolute atomic E-state index is 11.7. The zero-order valence-corrected chi connectivity index (χ0v) is 13.1. The third-order valence-corrected chi connectivity index (χ3v) is 3.25. The van der Waals surface area contributed by atoms with E-state index in [4.69, 9.17) is 5.26 Å². The average molecular weight is 320 g/mol. The fourth-order valence-electron chi connectivity index (χ4n) is 1.87. The number of amides is 2. The highest BCUT2D eigenvalue weighted by molar-refractivity contribution is 6.39. The molecule has 24 heavy (non-hydrogen) atoms. The molecular formula is C18H16N4O2. The van der Waals surface area contributed by atoms with Crippen molar-refractivity contribution < 1.29 is 9.59 Å². The SMILES string of the molecule is CCc1ccc(/C=N/NC(=O)C(=O)Nc2ccc(C#N)cc2)cc1. The van der Waals surface area contributed by atoms with Gasteiger partial charge in [0.05, 0.1) is 17.8 Å². The van der Waals surface area contributed by atoms with Crippen molar-refractivity contribution in [2.24, 2.45) is 5.10 Å². The maximum Gasteiger partial charge on any atom is 0.329 e. The number of hydrogen-bond acceptors (Lipinski definition) is 4. The zero-order valence-electron chi connectivity index (χ0n) is 13.1. The third kappa shape index (κ3) is 4.78. The van der Waals surface area contributed by atoms with Crippen LogP contribution < -0.4 is 10.7 Å². The summed E-state index contributed by atoms with van der Waals surface area (Å²) in [4.78, 5) is 23.4. The zero-order chi connectivity index (χ0) is 17.4. The van der Waals surface area contributed by atoms with Crippen molar-refractivity contribution in [2.45, 2.75) is 13.3 Å². The molecule has 120 valence electrons. The Morgan fingerprint density at radius 1 is 1.08 bits per heavy atom. The molecule has 0 saturated heterocycles. The number of hydrogen-bond donors (Lipinski definition) is 2. The van der Waals surface area contributed by atoms with Crippen LogP contribution in [0, 0.1) is 11.3 Å². The minimum atomic E-state index is -0.874. The van der Waals surface area contributed by atoms with E-state index in [2.05, 4.69) is 22.8 Å². The average Bonchev–Trinajstić information content (AvgIpc) is 2.62. The lowest BCUT2D eigenvalue weighted by Gasteiger charge is -2.03. The van der Waals surface area contributed by atoms with E-state index in [0.717, 1.165) is 12.0 Å². The molecule has 0 atom stereocenters. The van der Waals surface area contributed by atoms with Gasteiger partial charge in [0.25, 0.3) is 0 Å². The van der Waals surface area contributed by atoms with Gasteiger partial charge in [0.2, 0.25) is 0 Å². The fourth-order valence-corrected chi connectivity index (χ4v) is 1.87. The summed E-state index contributed by atoms with van der Waals surface area (Å²) in [5.74, 6) is -1.71. The molecule has 6 nitrogen and oxygen atoms in total. The van der Waals surface area contributed by atoms with E-state index >= 15 is 0 Å². The standard InChI is InChI=1S/C18H16N4O2/c1-2-13-3-5-15(6-4-13)12-20-22-18(24)17(23)21-16-9-7-14(11-19)8-10-16/h3-10,12H,2H2,1H3,(H,21,23)(H,22,24)/b20-12+. The molecule has 0 radical (unpaired) electrons. The van der Waals surface area contributed by atoms with Gasteiger partial charge in [0.15, 0.2) is 0 Å². The molecule has 0 unspecified atom stereocenters. The summed E-state index contributed by atoms with van der Waals surface area (Å²) in [6, 6.07) is 15.9.